The van der Waals surface area contributed by atoms with Crippen molar-refractivity contribution < 1.29 is 24.1 Å². The number of aromatic carboxylic acids is 1. The van der Waals surface area contributed by atoms with E-state index in [1.54, 1.807) is 12.1 Å². The van der Waals surface area contributed by atoms with Gasteiger partial charge in [-0.2, -0.15) is 0 Å². The largest absolute Gasteiger partial charge is 0.493 e. The van der Waals surface area contributed by atoms with E-state index >= 15 is 0 Å². The van der Waals surface area contributed by atoms with E-state index in [0.717, 1.165) is 22.4 Å². The van der Waals surface area contributed by atoms with Gasteiger partial charge in [0.2, 0.25) is 0 Å². The Morgan fingerprint density at radius 2 is 1.58 bits per heavy atom. The minimum atomic E-state index is -1.06. The smallest absolute Gasteiger partial charge is 0.339 e. The number of aryl methyl sites for hydroxylation is 2. The first-order chi connectivity index (χ1) is 11.5. The van der Waals surface area contributed by atoms with Gasteiger partial charge in [-0.3, -0.25) is 0 Å². The molecule has 0 fully saturated rings. The molecule has 0 aliphatic rings. The molecule has 0 saturated carbocycles. The molecule has 5 heteroatoms. The van der Waals surface area contributed by atoms with Crippen LogP contribution in [-0.2, 0) is 0 Å². The number of ether oxygens (including phenoxy) is 3. The summed E-state index contributed by atoms with van der Waals surface area (Å²) in [6, 6.07) is 8.84. The standard InChI is InChI=1S/C19H22O5/c1-12-8-9-13(2)17(14(12)3)23-10-11-24-18-15(19(20)21)6-5-7-16(18)22-4/h5-9H,10-11H2,1-4H3,(H,20,21). The van der Waals surface area contributed by atoms with E-state index in [0.29, 0.717) is 12.4 Å². The van der Waals surface area contributed by atoms with Gasteiger partial charge in [0.1, 0.15) is 24.5 Å². The van der Waals surface area contributed by atoms with Gasteiger partial charge in [0.25, 0.3) is 0 Å². The summed E-state index contributed by atoms with van der Waals surface area (Å²) in [5.74, 6) is 0.388. The van der Waals surface area contributed by atoms with Crippen molar-refractivity contribution in [2.75, 3.05) is 20.3 Å². The van der Waals surface area contributed by atoms with E-state index in [9.17, 15) is 9.90 Å². The Kier molecular flexibility index (Phi) is 5.68. The van der Waals surface area contributed by atoms with Crippen molar-refractivity contribution in [3.8, 4) is 17.2 Å². The van der Waals surface area contributed by atoms with Crippen LogP contribution in [0.5, 0.6) is 17.2 Å². The van der Waals surface area contributed by atoms with Crippen LogP contribution < -0.4 is 14.2 Å². The first-order valence-electron chi connectivity index (χ1n) is 7.68. The Morgan fingerprint density at radius 1 is 0.958 bits per heavy atom. The second-order valence-electron chi connectivity index (χ2n) is 5.49. The highest BCUT2D eigenvalue weighted by Crippen LogP contribution is 2.31. The fourth-order valence-electron chi connectivity index (χ4n) is 2.43. The fourth-order valence-corrected chi connectivity index (χ4v) is 2.43. The summed E-state index contributed by atoms with van der Waals surface area (Å²) < 4.78 is 16.6. The molecular weight excluding hydrogens is 308 g/mol. The number of hydrogen-bond acceptors (Lipinski definition) is 4. The Morgan fingerprint density at radius 3 is 2.21 bits per heavy atom. The highest BCUT2D eigenvalue weighted by molar-refractivity contribution is 5.92. The van der Waals surface area contributed by atoms with Gasteiger partial charge < -0.3 is 19.3 Å². The summed E-state index contributed by atoms with van der Waals surface area (Å²) in [7, 11) is 1.48. The molecule has 2 aromatic carbocycles. The number of methoxy groups -OCH3 is 1. The summed E-state index contributed by atoms with van der Waals surface area (Å²) >= 11 is 0. The van der Waals surface area contributed by atoms with Gasteiger partial charge in [0.15, 0.2) is 11.5 Å². The Labute approximate surface area is 141 Å². The lowest BCUT2D eigenvalue weighted by molar-refractivity contribution is 0.0690. The molecule has 0 aliphatic heterocycles. The van der Waals surface area contributed by atoms with Crippen LogP contribution in [-0.4, -0.2) is 31.4 Å². The van der Waals surface area contributed by atoms with Gasteiger partial charge in [-0.05, 0) is 49.6 Å². The minimum absolute atomic E-state index is 0.0669. The first kappa shape index (κ1) is 17.7. The van der Waals surface area contributed by atoms with Crippen LogP contribution in [0.2, 0.25) is 0 Å². The van der Waals surface area contributed by atoms with E-state index < -0.39 is 5.97 Å². The van der Waals surface area contributed by atoms with Crippen molar-refractivity contribution in [2.45, 2.75) is 20.8 Å². The summed E-state index contributed by atoms with van der Waals surface area (Å²) in [6.45, 7) is 6.56. The van der Waals surface area contributed by atoms with Gasteiger partial charge in [-0.25, -0.2) is 4.79 Å². The number of carboxylic acid groups (broad SMARTS) is 1. The van der Waals surface area contributed by atoms with Gasteiger partial charge in [0, 0.05) is 0 Å². The Bertz CT molecular complexity index is 737. The second-order valence-corrected chi connectivity index (χ2v) is 5.49. The maximum atomic E-state index is 11.3. The average molecular weight is 330 g/mol. The Balaban J connectivity index is 2.06. The van der Waals surface area contributed by atoms with Crippen LogP contribution in [0.15, 0.2) is 30.3 Å². The lowest BCUT2D eigenvalue weighted by Gasteiger charge is -2.16. The van der Waals surface area contributed by atoms with E-state index in [1.807, 2.05) is 26.8 Å². The van der Waals surface area contributed by atoms with E-state index in [-0.39, 0.29) is 17.9 Å². The number of para-hydroxylation sites is 1. The zero-order valence-corrected chi connectivity index (χ0v) is 14.4. The first-order valence-corrected chi connectivity index (χ1v) is 7.68. The van der Waals surface area contributed by atoms with Gasteiger partial charge in [-0.15, -0.1) is 0 Å². The monoisotopic (exact) mass is 330 g/mol. The van der Waals surface area contributed by atoms with Crippen LogP contribution in [0.1, 0.15) is 27.0 Å². The summed E-state index contributed by atoms with van der Waals surface area (Å²) in [4.78, 5) is 11.3. The minimum Gasteiger partial charge on any atom is -0.493 e. The van der Waals surface area contributed by atoms with Crippen molar-refractivity contribution in [2.24, 2.45) is 0 Å². The van der Waals surface area contributed by atoms with Crippen molar-refractivity contribution >= 4 is 5.97 Å². The molecule has 0 aliphatic carbocycles. The number of benzene rings is 2. The van der Waals surface area contributed by atoms with Gasteiger partial charge >= 0.3 is 5.97 Å². The van der Waals surface area contributed by atoms with Crippen LogP contribution >= 0.6 is 0 Å². The molecule has 1 N–H and O–H groups in total. The zero-order valence-electron chi connectivity index (χ0n) is 14.4. The molecule has 0 heterocycles. The lowest BCUT2D eigenvalue weighted by Crippen LogP contribution is -2.13. The third kappa shape index (κ3) is 3.79. The number of hydrogen-bond donors (Lipinski definition) is 1. The van der Waals surface area contributed by atoms with E-state index in [1.165, 1.54) is 13.2 Å². The molecule has 24 heavy (non-hydrogen) atoms. The van der Waals surface area contributed by atoms with Crippen molar-refractivity contribution in [3.05, 3.63) is 52.6 Å². The molecule has 0 aromatic heterocycles. The lowest BCUT2D eigenvalue weighted by atomic mass is 10.1. The molecule has 0 unspecified atom stereocenters. The van der Waals surface area contributed by atoms with Crippen molar-refractivity contribution in [3.63, 3.8) is 0 Å². The second kappa shape index (κ2) is 7.73. The predicted molar refractivity (Wildman–Crippen MR) is 91.6 cm³/mol. The number of carbonyl (C=O) groups is 1. The van der Waals surface area contributed by atoms with Crippen LogP contribution in [0.4, 0.5) is 0 Å². The molecule has 5 nitrogen and oxygen atoms in total. The summed E-state index contributed by atoms with van der Waals surface area (Å²) in [5, 5.41) is 9.26. The van der Waals surface area contributed by atoms with E-state index in [4.69, 9.17) is 14.2 Å². The number of carboxylic acids is 1. The summed E-state index contributed by atoms with van der Waals surface area (Å²) in [6.07, 6.45) is 0. The SMILES string of the molecule is COc1cccc(C(=O)O)c1OCCOc1c(C)ccc(C)c1C. The zero-order chi connectivity index (χ0) is 17.7. The molecule has 0 spiro atoms. The van der Waals surface area contributed by atoms with E-state index in [2.05, 4.69) is 6.07 Å². The number of rotatable bonds is 7. The third-order valence-corrected chi connectivity index (χ3v) is 3.88. The molecule has 0 radical (unpaired) electrons. The third-order valence-electron chi connectivity index (χ3n) is 3.88. The van der Waals surface area contributed by atoms with Crippen molar-refractivity contribution in [1.82, 2.24) is 0 Å². The molecule has 0 amide bonds. The normalized spacial score (nSPS) is 10.3. The highest BCUT2D eigenvalue weighted by atomic mass is 16.5. The predicted octanol–water partition coefficient (Wildman–Crippen LogP) is 3.78. The van der Waals surface area contributed by atoms with Crippen LogP contribution in [0, 0.1) is 20.8 Å². The highest BCUT2D eigenvalue weighted by Gasteiger charge is 2.16. The molecule has 0 bridgehead atoms. The molecule has 0 atom stereocenters. The fraction of sp³-hybridized carbons (Fsp3) is 0.316. The van der Waals surface area contributed by atoms with Gasteiger partial charge in [0.05, 0.1) is 7.11 Å². The molecule has 0 saturated heterocycles. The molecule has 2 rings (SSSR count). The van der Waals surface area contributed by atoms with Crippen LogP contribution in [0.25, 0.3) is 0 Å². The Hall–Kier alpha value is -2.69. The topological polar surface area (TPSA) is 65.0 Å². The van der Waals surface area contributed by atoms with Gasteiger partial charge in [-0.1, -0.05) is 18.2 Å². The van der Waals surface area contributed by atoms with Crippen molar-refractivity contribution in [1.29, 1.82) is 0 Å². The molecular formula is C19H22O5. The summed E-state index contributed by atoms with van der Waals surface area (Å²) in [5.41, 5.74) is 3.38. The maximum Gasteiger partial charge on any atom is 0.339 e. The maximum absolute atomic E-state index is 11.3. The van der Waals surface area contributed by atoms with Crippen LogP contribution in [0.3, 0.4) is 0 Å². The average Bonchev–Trinajstić information content (AvgIpc) is 2.57. The quantitative estimate of drug-likeness (QED) is 0.783. The molecule has 2 aromatic rings. The molecule has 128 valence electrons.